The highest BCUT2D eigenvalue weighted by molar-refractivity contribution is 5.80. The molecule has 0 N–H and O–H groups in total. The lowest BCUT2D eigenvalue weighted by Crippen LogP contribution is -2.58. The van der Waals surface area contributed by atoms with Crippen molar-refractivity contribution < 1.29 is 4.79 Å². The number of carbonyl (C=O) groups excluding carboxylic acids is 1. The van der Waals surface area contributed by atoms with Gasteiger partial charge in [0.05, 0.1) is 12.5 Å². The van der Waals surface area contributed by atoms with E-state index in [1.54, 1.807) is 6.20 Å². The number of hydrogen-bond donors (Lipinski definition) is 0. The summed E-state index contributed by atoms with van der Waals surface area (Å²) in [6.45, 7) is 7.27. The fourth-order valence-electron chi connectivity index (χ4n) is 3.35. The van der Waals surface area contributed by atoms with Crippen molar-refractivity contribution in [3.8, 4) is 0 Å². The molecule has 2 aromatic heterocycles. The fourth-order valence-corrected chi connectivity index (χ4v) is 3.35. The van der Waals surface area contributed by atoms with Gasteiger partial charge in [-0.1, -0.05) is 32.9 Å². The molecule has 120 valence electrons. The van der Waals surface area contributed by atoms with Crippen molar-refractivity contribution in [3.05, 3.63) is 59.7 Å². The number of nitrogens with zero attached hydrogens (tertiary/aromatic N) is 3. The van der Waals surface area contributed by atoms with Gasteiger partial charge in [0.15, 0.2) is 0 Å². The number of hydrogen-bond acceptors (Lipinski definition) is 3. The van der Waals surface area contributed by atoms with E-state index in [0.717, 1.165) is 24.2 Å². The zero-order valence-electron chi connectivity index (χ0n) is 14.0. The molecule has 1 unspecified atom stereocenters. The third-order valence-corrected chi connectivity index (χ3v) is 4.58. The van der Waals surface area contributed by atoms with Crippen LogP contribution in [0.25, 0.3) is 0 Å². The van der Waals surface area contributed by atoms with Gasteiger partial charge in [0, 0.05) is 36.2 Å². The van der Waals surface area contributed by atoms with Crippen LogP contribution >= 0.6 is 0 Å². The minimum atomic E-state index is 0.0815. The Hall–Kier alpha value is -2.23. The topological polar surface area (TPSA) is 46.1 Å². The fraction of sp³-hybridized carbons (Fsp3) is 0.421. The Morgan fingerprint density at radius 3 is 2.70 bits per heavy atom. The monoisotopic (exact) mass is 309 g/mol. The van der Waals surface area contributed by atoms with Gasteiger partial charge in [0.25, 0.3) is 0 Å². The second-order valence-corrected chi connectivity index (χ2v) is 6.89. The summed E-state index contributed by atoms with van der Waals surface area (Å²) in [7, 11) is 0. The van der Waals surface area contributed by atoms with E-state index in [4.69, 9.17) is 0 Å². The van der Waals surface area contributed by atoms with Crippen molar-refractivity contribution in [2.75, 3.05) is 6.54 Å². The van der Waals surface area contributed by atoms with Crippen LogP contribution < -0.4 is 0 Å². The third-order valence-electron chi connectivity index (χ3n) is 4.58. The first-order valence-electron chi connectivity index (χ1n) is 8.14. The zero-order valence-corrected chi connectivity index (χ0v) is 14.0. The Labute approximate surface area is 137 Å². The smallest absolute Gasteiger partial charge is 0.229 e. The maximum Gasteiger partial charge on any atom is 0.229 e. The summed E-state index contributed by atoms with van der Waals surface area (Å²) in [6, 6.07) is 8.08. The second kappa shape index (κ2) is 6.11. The third kappa shape index (κ3) is 3.11. The molecule has 1 saturated heterocycles. The molecular weight excluding hydrogens is 286 g/mol. The van der Waals surface area contributed by atoms with E-state index < -0.39 is 0 Å². The van der Waals surface area contributed by atoms with Crippen LogP contribution in [0, 0.1) is 5.41 Å². The van der Waals surface area contributed by atoms with Crippen LogP contribution in [-0.2, 0) is 17.6 Å². The van der Waals surface area contributed by atoms with Crippen LogP contribution in [0.5, 0.6) is 0 Å². The van der Waals surface area contributed by atoms with Crippen LogP contribution in [0.1, 0.15) is 43.6 Å². The Bertz CT molecular complexity index is 680. The van der Waals surface area contributed by atoms with Gasteiger partial charge in [-0.05, 0) is 29.7 Å². The van der Waals surface area contributed by atoms with Crippen molar-refractivity contribution in [3.63, 3.8) is 0 Å². The summed E-state index contributed by atoms with van der Waals surface area (Å²) >= 11 is 0. The largest absolute Gasteiger partial charge is 0.334 e. The van der Waals surface area contributed by atoms with E-state index in [1.165, 1.54) is 5.56 Å². The van der Waals surface area contributed by atoms with Gasteiger partial charge in [-0.3, -0.25) is 14.8 Å². The highest BCUT2D eigenvalue weighted by Crippen LogP contribution is 2.48. The van der Waals surface area contributed by atoms with Crippen LogP contribution in [0.2, 0.25) is 0 Å². The highest BCUT2D eigenvalue weighted by atomic mass is 16.2. The van der Waals surface area contributed by atoms with E-state index in [2.05, 4.69) is 30.7 Å². The highest BCUT2D eigenvalue weighted by Gasteiger charge is 2.48. The number of carbonyl (C=O) groups is 1. The number of likely N-dealkylation sites (tertiary alicyclic amines) is 1. The zero-order chi connectivity index (χ0) is 16.4. The Morgan fingerprint density at radius 1 is 1.30 bits per heavy atom. The quantitative estimate of drug-likeness (QED) is 0.871. The molecule has 3 rings (SSSR count). The minimum Gasteiger partial charge on any atom is -0.334 e. The van der Waals surface area contributed by atoms with Gasteiger partial charge in [0.1, 0.15) is 0 Å². The molecule has 1 fully saturated rings. The molecule has 1 amide bonds. The summed E-state index contributed by atoms with van der Waals surface area (Å²) < 4.78 is 0. The molecule has 1 aliphatic rings. The molecule has 0 aromatic carbocycles. The lowest BCUT2D eigenvalue weighted by atomic mass is 9.72. The SMILES string of the molecule is CCc1ccc(CC(=O)N2CC(C)(C)C2c2cccnc2)nc1. The predicted molar refractivity (Wildman–Crippen MR) is 89.8 cm³/mol. The van der Waals surface area contributed by atoms with Crippen molar-refractivity contribution in [1.29, 1.82) is 0 Å². The van der Waals surface area contributed by atoms with E-state index >= 15 is 0 Å². The van der Waals surface area contributed by atoms with Crippen molar-refractivity contribution >= 4 is 5.91 Å². The molecule has 0 radical (unpaired) electrons. The first kappa shape index (κ1) is 15.7. The average Bonchev–Trinajstić information content (AvgIpc) is 2.54. The molecule has 4 nitrogen and oxygen atoms in total. The number of aromatic nitrogens is 2. The standard InChI is InChI=1S/C19H23N3O/c1-4-14-7-8-16(21-11-14)10-17(23)22-13-19(2,3)18(22)15-6-5-9-20-12-15/h5-9,11-12,18H,4,10,13H2,1-3H3. The Kier molecular flexibility index (Phi) is 4.16. The van der Waals surface area contributed by atoms with Gasteiger partial charge in [0.2, 0.25) is 5.91 Å². The minimum absolute atomic E-state index is 0.0815. The van der Waals surface area contributed by atoms with Crippen molar-refractivity contribution in [2.45, 2.75) is 39.7 Å². The summed E-state index contributed by atoms with van der Waals surface area (Å²) in [4.78, 5) is 23.2. The molecule has 1 atom stereocenters. The first-order valence-corrected chi connectivity index (χ1v) is 8.14. The summed E-state index contributed by atoms with van der Waals surface area (Å²) in [5.41, 5.74) is 3.21. The molecule has 1 aliphatic heterocycles. The van der Waals surface area contributed by atoms with E-state index in [1.807, 2.05) is 41.6 Å². The number of aryl methyl sites for hydroxylation is 1. The van der Waals surface area contributed by atoms with Gasteiger partial charge >= 0.3 is 0 Å². The molecular formula is C19H23N3O. The molecule has 0 spiro atoms. The molecule has 3 heterocycles. The van der Waals surface area contributed by atoms with Crippen molar-refractivity contribution in [2.24, 2.45) is 5.41 Å². The van der Waals surface area contributed by atoms with Crippen LogP contribution in [-0.4, -0.2) is 27.3 Å². The maximum absolute atomic E-state index is 12.7. The molecule has 2 aromatic rings. The predicted octanol–water partition coefficient (Wildman–Crippen LogP) is 3.19. The normalized spacial score (nSPS) is 19.3. The average molecular weight is 309 g/mol. The van der Waals surface area contributed by atoms with Gasteiger partial charge in [-0.15, -0.1) is 0 Å². The molecule has 4 heteroatoms. The van der Waals surface area contributed by atoms with Crippen LogP contribution in [0.4, 0.5) is 0 Å². The Balaban J connectivity index is 1.74. The van der Waals surface area contributed by atoms with Crippen LogP contribution in [0.3, 0.4) is 0 Å². The molecule has 0 saturated carbocycles. The summed E-state index contributed by atoms with van der Waals surface area (Å²) in [5, 5.41) is 0. The van der Waals surface area contributed by atoms with E-state index in [9.17, 15) is 4.79 Å². The van der Waals surface area contributed by atoms with Gasteiger partial charge in [-0.2, -0.15) is 0 Å². The second-order valence-electron chi connectivity index (χ2n) is 6.89. The van der Waals surface area contributed by atoms with E-state index in [-0.39, 0.29) is 17.4 Å². The lowest BCUT2D eigenvalue weighted by Gasteiger charge is -2.54. The molecule has 0 aliphatic carbocycles. The van der Waals surface area contributed by atoms with E-state index in [0.29, 0.717) is 6.42 Å². The van der Waals surface area contributed by atoms with Crippen molar-refractivity contribution in [1.82, 2.24) is 14.9 Å². The maximum atomic E-state index is 12.7. The lowest BCUT2D eigenvalue weighted by molar-refractivity contribution is -0.151. The Morgan fingerprint density at radius 2 is 2.13 bits per heavy atom. The van der Waals surface area contributed by atoms with Gasteiger partial charge in [-0.25, -0.2) is 0 Å². The number of pyridine rings is 2. The van der Waals surface area contributed by atoms with Crippen LogP contribution in [0.15, 0.2) is 42.9 Å². The molecule has 0 bridgehead atoms. The molecule has 23 heavy (non-hydrogen) atoms. The number of amides is 1. The first-order chi connectivity index (χ1) is 11.0. The number of rotatable bonds is 4. The summed E-state index contributed by atoms with van der Waals surface area (Å²) in [5.74, 6) is 0.134. The van der Waals surface area contributed by atoms with Gasteiger partial charge < -0.3 is 4.90 Å². The summed E-state index contributed by atoms with van der Waals surface area (Å²) in [6.07, 6.45) is 6.81.